The van der Waals surface area contributed by atoms with Crippen LogP contribution in [0, 0.1) is 12.8 Å². The molecule has 72 valence electrons. The van der Waals surface area contributed by atoms with Crippen LogP contribution >= 0.6 is 22.9 Å². The Hall–Kier alpha value is -0.270. The lowest BCUT2D eigenvalue weighted by molar-refractivity contribution is 0.778. The molecular formula is C11H15ClS. The second-order valence-corrected chi connectivity index (χ2v) is 4.69. The van der Waals surface area contributed by atoms with Gasteiger partial charge >= 0.3 is 0 Å². The predicted octanol–water partition coefficient (Wildman–Crippen LogP) is 4.33. The summed E-state index contributed by atoms with van der Waals surface area (Å²) < 4.78 is 0. The summed E-state index contributed by atoms with van der Waals surface area (Å²) >= 11 is 7.64. The minimum absolute atomic E-state index is 0.541. The van der Waals surface area contributed by atoms with Gasteiger partial charge in [0.15, 0.2) is 0 Å². The third kappa shape index (κ3) is 2.85. The zero-order chi connectivity index (χ0) is 9.84. The van der Waals surface area contributed by atoms with Crippen molar-refractivity contribution in [2.75, 3.05) is 5.88 Å². The van der Waals surface area contributed by atoms with Crippen LogP contribution in [0.1, 0.15) is 24.3 Å². The number of aryl methyl sites for hydroxylation is 1. The van der Waals surface area contributed by atoms with Crippen molar-refractivity contribution in [1.29, 1.82) is 0 Å². The van der Waals surface area contributed by atoms with Crippen molar-refractivity contribution in [3.8, 4) is 0 Å². The van der Waals surface area contributed by atoms with Crippen LogP contribution in [0.15, 0.2) is 17.0 Å². The first-order valence-electron chi connectivity index (χ1n) is 4.45. The third-order valence-corrected chi connectivity index (χ3v) is 3.39. The van der Waals surface area contributed by atoms with Gasteiger partial charge in [-0.15, -0.1) is 22.9 Å². The number of hydrogen-bond donors (Lipinski definition) is 0. The lowest BCUT2D eigenvalue weighted by atomic mass is 10.0. The fraction of sp³-hybridized carbons (Fsp3) is 0.455. The van der Waals surface area contributed by atoms with E-state index in [4.69, 9.17) is 11.6 Å². The first-order chi connectivity index (χ1) is 6.15. The summed E-state index contributed by atoms with van der Waals surface area (Å²) in [6, 6.07) is 2.14. The Morgan fingerprint density at radius 2 is 2.31 bits per heavy atom. The number of hydrogen-bond acceptors (Lipinski definition) is 1. The summed E-state index contributed by atoms with van der Waals surface area (Å²) in [7, 11) is 0. The highest BCUT2D eigenvalue weighted by molar-refractivity contribution is 7.11. The molecule has 0 fully saturated rings. The van der Waals surface area contributed by atoms with E-state index < -0.39 is 0 Å². The fourth-order valence-corrected chi connectivity index (χ4v) is 2.34. The monoisotopic (exact) mass is 214 g/mol. The minimum atomic E-state index is 0.541. The minimum Gasteiger partial charge on any atom is -0.144 e. The quantitative estimate of drug-likeness (QED) is 0.657. The molecule has 2 heteroatoms. The van der Waals surface area contributed by atoms with Crippen molar-refractivity contribution >= 4 is 29.0 Å². The van der Waals surface area contributed by atoms with Crippen LogP contribution in [0.4, 0.5) is 0 Å². The molecule has 0 N–H and O–H groups in total. The number of thiophene rings is 1. The summed E-state index contributed by atoms with van der Waals surface area (Å²) in [5, 5.41) is 2.12. The van der Waals surface area contributed by atoms with Crippen molar-refractivity contribution in [2.24, 2.45) is 5.92 Å². The van der Waals surface area contributed by atoms with Crippen molar-refractivity contribution in [3.63, 3.8) is 0 Å². The van der Waals surface area contributed by atoms with E-state index in [1.165, 1.54) is 16.0 Å². The molecule has 0 bridgehead atoms. The molecule has 1 aromatic heterocycles. The number of rotatable bonds is 3. The Bertz CT molecular complexity index is 297. The van der Waals surface area contributed by atoms with E-state index in [1.807, 2.05) is 0 Å². The van der Waals surface area contributed by atoms with Crippen LogP contribution in [0.5, 0.6) is 0 Å². The molecule has 0 unspecified atom stereocenters. The van der Waals surface area contributed by atoms with Gasteiger partial charge in [-0.25, -0.2) is 0 Å². The normalized spacial score (nSPS) is 12.5. The predicted molar refractivity (Wildman–Crippen MR) is 62.6 cm³/mol. The first-order valence-corrected chi connectivity index (χ1v) is 5.87. The summed E-state index contributed by atoms with van der Waals surface area (Å²) in [4.78, 5) is 1.34. The Balaban J connectivity index is 2.91. The summed E-state index contributed by atoms with van der Waals surface area (Å²) in [6.45, 7) is 6.49. The molecule has 1 heterocycles. The molecule has 0 spiro atoms. The molecule has 0 aliphatic rings. The van der Waals surface area contributed by atoms with Crippen LogP contribution in [0.25, 0.3) is 6.08 Å². The van der Waals surface area contributed by atoms with Crippen LogP contribution in [-0.4, -0.2) is 5.88 Å². The van der Waals surface area contributed by atoms with Gasteiger partial charge in [-0.3, -0.25) is 0 Å². The molecule has 0 saturated carbocycles. The van der Waals surface area contributed by atoms with Gasteiger partial charge < -0.3 is 0 Å². The maximum Gasteiger partial charge on any atom is 0.0439 e. The van der Waals surface area contributed by atoms with Crippen LogP contribution in [0.3, 0.4) is 0 Å². The molecule has 1 rings (SSSR count). The van der Waals surface area contributed by atoms with Gasteiger partial charge in [0, 0.05) is 10.8 Å². The molecule has 0 atom stereocenters. The largest absolute Gasteiger partial charge is 0.144 e. The van der Waals surface area contributed by atoms with Gasteiger partial charge in [-0.1, -0.05) is 19.4 Å². The van der Waals surface area contributed by atoms with Crippen molar-refractivity contribution in [1.82, 2.24) is 0 Å². The molecule has 0 amide bonds. The lowest BCUT2D eigenvalue weighted by Crippen LogP contribution is -1.94. The molecule has 1 aromatic rings. The van der Waals surface area contributed by atoms with Crippen LogP contribution in [0.2, 0.25) is 0 Å². The van der Waals surface area contributed by atoms with Gasteiger partial charge in [0.2, 0.25) is 0 Å². The highest BCUT2D eigenvalue weighted by Crippen LogP contribution is 2.22. The van der Waals surface area contributed by atoms with Crippen molar-refractivity contribution in [3.05, 3.63) is 27.5 Å². The highest BCUT2D eigenvalue weighted by atomic mass is 35.5. The zero-order valence-corrected chi connectivity index (χ0v) is 9.88. The van der Waals surface area contributed by atoms with E-state index in [0.717, 1.165) is 0 Å². The SMILES string of the molecule is Cc1ccsc1C=C(CCl)C(C)C. The Labute approximate surface area is 89.2 Å². The average molecular weight is 215 g/mol. The molecule has 0 nitrogen and oxygen atoms in total. The lowest BCUT2D eigenvalue weighted by Gasteiger charge is -2.06. The molecule has 0 saturated heterocycles. The Morgan fingerprint density at radius 3 is 2.69 bits per heavy atom. The maximum absolute atomic E-state index is 5.87. The second-order valence-electron chi connectivity index (χ2n) is 3.48. The topological polar surface area (TPSA) is 0 Å². The smallest absolute Gasteiger partial charge is 0.0439 e. The second kappa shape index (κ2) is 4.83. The number of halogens is 1. The van der Waals surface area contributed by atoms with Gasteiger partial charge in [-0.05, 0) is 35.9 Å². The molecule has 13 heavy (non-hydrogen) atoms. The highest BCUT2D eigenvalue weighted by Gasteiger charge is 2.03. The first kappa shape index (κ1) is 10.8. The van der Waals surface area contributed by atoms with Crippen molar-refractivity contribution in [2.45, 2.75) is 20.8 Å². The molecule has 0 aromatic carbocycles. The molecule has 0 aliphatic carbocycles. The fourth-order valence-electron chi connectivity index (χ4n) is 1.06. The van der Waals surface area contributed by atoms with E-state index in [0.29, 0.717) is 11.8 Å². The zero-order valence-electron chi connectivity index (χ0n) is 8.30. The van der Waals surface area contributed by atoms with Gasteiger partial charge in [-0.2, -0.15) is 0 Å². The van der Waals surface area contributed by atoms with E-state index in [9.17, 15) is 0 Å². The maximum atomic E-state index is 5.87. The Kier molecular flexibility index (Phi) is 4.01. The van der Waals surface area contributed by atoms with Crippen LogP contribution < -0.4 is 0 Å². The van der Waals surface area contributed by atoms with E-state index >= 15 is 0 Å². The van der Waals surface area contributed by atoms with E-state index in [-0.39, 0.29) is 0 Å². The van der Waals surface area contributed by atoms with Gasteiger partial charge in [0.05, 0.1) is 0 Å². The standard InChI is InChI=1S/C11H15ClS/c1-8(2)10(7-12)6-11-9(3)4-5-13-11/h4-6,8H,7H2,1-3H3. The Morgan fingerprint density at radius 1 is 1.62 bits per heavy atom. The third-order valence-electron chi connectivity index (χ3n) is 2.11. The summed E-state index contributed by atoms with van der Waals surface area (Å²) in [6.07, 6.45) is 2.22. The number of allylic oxidation sites excluding steroid dienone is 1. The van der Waals surface area contributed by atoms with Crippen LogP contribution in [-0.2, 0) is 0 Å². The van der Waals surface area contributed by atoms with Crippen molar-refractivity contribution < 1.29 is 0 Å². The summed E-state index contributed by atoms with van der Waals surface area (Å²) in [5.41, 5.74) is 2.65. The molecule has 0 radical (unpaired) electrons. The summed E-state index contributed by atoms with van der Waals surface area (Å²) in [5.74, 6) is 1.17. The average Bonchev–Trinajstić information content (AvgIpc) is 2.46. The van der Waals surface area contributed by atoms with Gasteiger partial charge in [0.25, 0.3) is 0 Å². The molecule has 0 aliphatic heterocycles. The molecular weight excluding hydrogens is 200 g/mol. The van der Waals surface area contributed by atoms with E-state index in [1.54, 1.807) is 11.3 Å². The van der Waals surface area contributed by atoms with Gasteiger partial charge in [0.1, 0.15) is 0 Å². The number of alkyl halides is 1. The van der Waals surface area contributed by atoms with E-state index in [2.05, 4.69) is 38.3 Å².